The molecule has 0 aliphatic carbocycles. The Morgan fingerprint density at radius 3 is 2.60 bits per heavy atom. The Labute approximate surface area is 91.2 Å². The molecule has 0 atom stereocenters. The molecule has 15 heavy (non-hydrogen) atoms. The minimum Gasteiger partial charge on any atom is -0.386 e. The third kappa shape index (κ3) is 2.92. The molecule has 0 radical (unpaired) electrons. The monoisotopic (exact) mass is 215 g/mol. The lowest BCUT2D eigenvalue weighted by molar-refractivity contribution is -0.164. The van der Waals surface area contributed by atoms with E-state index in [9.17, 15) is 9.90 Å². The van der Waals surface area contributed by atoms with Gasteiger partial charge in [-0.1, -0.05) is 13.8 Å². The van der Waals surface area contributed by atoms with Gasteiger partial charge in [0.2, 0.25) is 5.91 Å². The van der Waals surface area contributed by atoms with Gasteiger partial charge in [0.15, 0.2) is 0 Å². The highest BCUT2D eigenvalue weighted by Crippen LogP contribution is 2.28. The van der Waals surface area contributed by atoms with Gasteiger partial charge in [-0.3, -0.25) is 4.79 Å². The molecule has 0 aromatic heterocycles. The van der Waals surface area contributed by atoms with Crippen molar-refractivity contribution in [3.8, 4) is 0 Å². The summed E-state index contributed by atoms with van der Waals surface area (Å²) in [5, 5.41) is 9.96. The van der Waals surface area contributed by atoms with Crippen molar-refractivity contribution in [1.29, 1.82) is 0 Å². The van der Waals surface area contributed by atoms with E-state index < -0.39 is 5.60 Å². The number of rotatable bonds is 5. The summed E-state index contributed by atoms with van der Waals surface area (Å²) >= 11 is 0. The molecule has 0 bridgehead atoms. The molecule has 0 unspecified atom stereocenters. The summed E-state index contributed by atoms with van der Waals surface area (Å²) in [5.74, 6) is 0.331. The molecule has 0 aromatic carbocycles. The van der Waals surface area contributed by atoms with E-state index in [1.807, 2.05) is 13.8 Å². The Morgan fingerprint density at radius 1 is 1.53 bits per heavy atom. The summed E-state index contributed by atoms with van der Waals surface area (Å²) in [4.78, 5) is 13.3. The van der Waals surface area contributed by atoms with Crippen LogP contribution in [0.5, 0.6) is 0 Å². The fourth-order valence-corrected chi connectivity index (χ4v) is 1.68. The lowest BCUT2D eigenvalue weighted by Gasteiger charge is -2.49. The van der Waals surface area contributed by atoms with Crippen molar-refractivity contribution in [1.82, 2.24) is 4.90 Å². The zero-order valence-corrected chi connectivity index (χ0v) is 9.82. The number of carbonyl (C=O) groups is 1. The van der Waals surface area contributed by atoms with Gasteiger partial charge in [0.05, 0.1) is 13.1 Å². The van der Waals surface area contributed by atoms with Crippen LogP contribution in [0.1, 0.15) is 26.7 Å². The largest absolute Gasteiger partial charge is 0.386 e. The Hall–Kier alpha value is -0.610. The summed E-state index contributed by atoms with van der Waals surface area (Å²) in [6.07, 6.45) is 1.27. The van der Waals surface area contributed by atoms with Gasteiger partial charge >= 0.3 is 0 Å². The molecule has 1 N–H and O–H groups in total. The number of amides is 1. The van der Waals surface area contributed by atoms with Crippen LogP contribution in [0.2, 0.25) is 0 Å². The third-order valence-corrected chi connectivity index (χ3v) is 3.10. The van der Waals surface area contributed by atoms with E-state index in [0.29, 0.717) is 26.1 Å². The van der Waals surface area contributed by atoms with Crippen LogP contribution in [-0.2, 0) is 9.53 Å². The van der Waals surface area contributed by atoms with E-state index in [1.165, 1.54) is 0 Å². The molecular formula is C11H21NO3. The molecule has 1 rings (SSSR count). The van der Waals surface area contributed by atoms with Gasteiger partial charge in [-0.05, 0) is 12.3 Å². The molecule has 4 nitrogen and oxygen atoms in total. The van der Waals surface area contributed by atoms with Crippen LogP contribution in [-0.4, -0.2) is 48.3 Å². The third-order valence-electron chi connectivity index (χ3n) is 3.10. The van der Waals surface area contributed by atoms with Crippen molar-refractivity contribution in [2.45, 2.75) is 32.3 Å². The molecule has 0 saturated carbocycles. The van der Waals surface area contributed by atoms with Gasteiger partial charge in [-0.2, -0.15) is 0 Å². The van der Waals surface area contributed by atoms with E-state index in [2.05, 4.69) is 0 Å². The molecule has 1 amide bonds. The number of carbonyl (C=O) groups excluding carboxylic acids is 1. The first-order valence-electron chi connectivity index (χ1n) is 5.48. The highest BCUT2D eigenvalue weighted by atomic mass is 16.5. The Bertz CT molecular complexity index is 222. The second kappa shape index (κ2) is 4.94. The van der Waals surface area contributed by atoms with E-state index in [1.54, 1.807) is 12.0 Å². The van der Waals surface area contributed by atoms with E-state index in [0.717, 1.165) is 6.42 Å². The van der Waals surface area contributed by atoms with Crippen LogP contribution in [0.25, 0.3) is 0 Å². The second-order valence-corrected chi connectivity index (χ2v) is 4.60. The molecule has 1 fully saturated rings. The second-order valence-electron chi connectivity index (χ2n) is 4.60. The van der Waals surface area contributed by atoms with Gasteiger partial charge in [-0.25, -0.2) is 0 Å². The van der Waals surface area contributed by atoms with Crippen molar-refractivity contribution < 1.29 is 14.6 Å². The lowest BCUT2D eigenvalue weighted by atomic mass is 9.83. The first-order chi connectivity index (χ1) is 6.99. The van der Waals surface area contributed by atoms with Crippen LogP contribution in [0.3, 0.4) is 0 Å². The first kappa shape index (κ1) is 12.5. The van der Waals surface area contributed by atoms with Crippen molar-refractivity contribution in [2.24, 2.45) is 5.92 Å². The maximum absolute atomic E-state index is 11.6. The fourth-order valence-electron chi connectivity index (χ4n) is 1.68. The van der Waals surface area contributed by atoms with Crippen molar-refractivity contribution in [3.63, 3.8) is 0 Å². The molecule has 1 heterocycles. The van der Waals surface area contributed by atoms with Crippen LogP contribution >= 0.6 is 0 Å². The summed E-state index contributed by atoms with van der Waals surface area (Å²) < 4.78 is 4.88. The highest BCUT2D eigenvalue weighted by molar-refractivity contribution is 5.77. The number of aliphatic hydroxyl groups is 1. The minimum absolute atomic E-state index is 0.123. The smallest absolute Gasteiger partial charge is 0.222 e. The molecule has 88 valence electrons. The average Bonchev–Trinajstić information content (AvgIpc) is 2.12. The summed E-state index contributed by atoms with van der Waals surface area (Å²) in [6, 6.07) is 0. The zero-order valence-electron chi connectivity index (χ0n) is 9.82. The number of nitrogens with zero attached hydrogens (tertiary/aromatic N) is 1. The van der Waals surface area contributed by atoms with Gasteiger partial charge in [0, 0.05) is 20.1 Å². The van der Waals surface area contributed by atoms with Gasteiger partial charge in [-0.15, -0.1) is 0 Å². The van der Waals surface area contributed by atoms with Gasteiger partial charge < -0.3 is 14.7 Å². The maximum atomic E-state index is 11.6. The highest BCUT2D eigenvalue weighted by Gasteiger charge is 2.45. The average molecular weight is 215 g/mol. The number of β-amino-alcohol motifs (C(OH)–C–C–N with tert-alkyl or cyclic N) is 1. The van der Waals surface area contributed by atoms with Crippen molar-refractivity contribution in [2.75, 3.05) is 26.8 Å². The van der Waals surface area contributed by atoms with Crippen molar-refractivity contribution in [3.05, 3.63) is 0 Å². The maximum Gasteiger partial charge on any atom is 0.222 e. The summed E-state index contributed by atoms with van der Waals surface area (Å²) in [7, 11) is 1.63. The van der Waals surface area contributed by atoms with E-state index >= 15 is 0 Å². The van der Waals surface area contributed by atoms with Gasteiger partial charge in [0.25, 0.3) is 0 Å². The summed E-state index contributed by atoms with van der Waals surface area (Å²) in [5.41, 5.74) is -0.656. The number of hydrogen-bond donors (Lipinski definition) is 1. The predicted molar refractivity (Wildman–Crippen MR) is 57.5 cm³/mol. The number of likely N-dealkylation sites (tertiary alicyclic amines) is 1. The van der Waals surface area contributed by atoms with E-state index in [4.69, 9.17) is 4.74 Å². The molecule has 0 aromatic rings. The summed E-state index contributed by atoms with van der Waals surface area (Å²) in [6.45, 7) is 5.54. The molecule has 1 aliphatic rings. The zero-order chi connectivity index (χ0) is 11.5. The standard InChI is InChI=1S/C11H21NO3/c1-9(2)11(14)7-12(8-11)10(13)5-4-6-15-3/h9,14H,4-8H2,1-3H3. The SMILES string of the molecule is COCCCC(=O)N1CC(O)(C(C)C)C1. The normalized spacial score (nSPS) is 19.1. The Balaban J connectivity index is 2.23. The molecule has 1 saturated heterocycles. The topological polar surface area (TPSA) is 49.8 Å². The van der Waals surface area contributed by atoms with Gasteiger partial charge in [0.1, 0.15) is 5.60 Å². The van der Waals surface area contributed by atoms with Crippen LogP contribution in [0, 0.1) is 5.92 Å². The van der Waals surface area contributed by atoms with E-state index in [-0.39, 0.29) is 11.8 Å². The first-order valence-corrected chi connectivity index (χ1v) is 5.48. The number of ether oxygens (including phenoxy) is 1. The molecule has 1 aliphatic heterocycles. The lowest BCUT2D eigenvalue weighted by Crippen LogP contribution is -2.65. The van der Waals surface area contributed by atoms with Crippen LogP contribution in [0.4, 0.5) is 0 Å². The molecular weight excluding hydrogens is 194 g/mol. The molecule has 0 spiro atoms. The minimum atomic E-state index is -0.656. The predicted octanol–water partition coefficient (Wildman–Crippen LogP) is 0.642. The van der Waals surface area contributed by atoms with Crippen LogP contribution < -0.4 is 0 Å². The van der Waals surface area contributed by atoms with Crippen LogP contribution in [0.15, 0.2) is 0 Å². The van der Waals surface area contributed by atoms with Crippen molar-refractivity contribution >= 4 is 5.91 Å². The quantitative estimate of drug-likeness (QED) is 0.685. The number of hydrogen-bond acceptors (Lipinski definition) is 3. The fraction of sp³-hybridized carbons (Fsp3) is 0.909. The number of methoxy groups -OCH3 is 1. The Morgan fingerprint density at radius 2 is 2.13 bits per heavy atom. The molecule has 4 heteroatoms. The Kier molecular flexibility index (Phi) is 4.11.